The summed E-state index contributed by atoms with van der Waals surface area (Å²) in [6.45, 7) is 2.75. The van der Waals surface area contributed by atoms with E-state index < -0.39 is 0 Å². The molecule has 1 heterocycles. The van der Waals surface area contributed by atoms with E-state index in [2.05, 4.69) is 33.3 Å². The van der Waals surface area contributed by atoms with Gasteiger partial charge in [0, 0.05) is 16.5 Å². The molecule has 3 rings (SSSR count). The average molecular weight is 334 g/mol. The van der Waals surface area contributed by atoms with Crippen molar-refractivity contribution in [2.75, 3.05) is 5.32 Å². The second kappa shape index (κ2) is 5.40. The fourth-order valence-corrected chi connectivity index (χ4v) is 2.50. The SMILES string of the molecule is C[C@H]1C[C@@H]1C(=O)Nc1ccnn1Cc1ccc(Br)cc1. The second-order valence-corrected chi connectivity index (χ2v) is 6.22. The summed E-state index contributed by atoms with van der Waals surface area (Å²) in [4.78, 5) is 12.0. The van der Waals surface area contributed by atoms with Crippen LogP contribution in [0.25, 0.3) is 0 Å². The third-order valence-electron chi connectivity index (χ3n) is 3.66. The molecule has 1 fully saturated rings. The van der Waals surface area contributed by atoms with E-state index in [1.807, 2.05) is 35.0 Å². The van der Waals surface area contributed by atoms with Crippen LogP contribution >= 0.6 is 15.9 Å². The molecular formula is C15H16BrN3O. The van der Waals surface area contributed by atoms with Gasteiger partial charge in [-0.15, -0.1) is 0 Å². The molecular weight excluding hydrogens is 318 g/mol. The molecule has 0 bridgehead atoms. The first-order valence-electron chi connectivity index (χ1n) is 6.70. The summed E-state index contributed by atoms with van der Waals surface area (Å²) in [5.74, 6) is 1.55. The van der Waals surface area contributed by atoms with Gasteiger partial charge in [0.1, 0.15) is 5.82 Å². The standard InChI is InChI=1S/C15H16BrN3O/c1-10-8-13(10)15(20)18-14-6-7-17-19(14)9-11-2-4-12(16)5-3-11/h2-7,10,13H,8-9H2,1H3,(H,18,20)/t10-,13-/m0/s1. The Morgan fingerprint density at radius 1 is 1.40 bits per heavy atom. The van der Waals surface area contributed by atoms with Crippen LogP contribution in [0.2, 0.25) is 0 Å². The quantitative estimate of drug-likeness (QED) is 0.933. The number of carbonyl (C=O) groups excluding carboxylic acids is 1. The number of aromatic nitrogens is 2. The van der Waals surface area contributed by atoms with Crippen LogP contribution in [-0.4, -0.2) is 15.7 Å². The Hall–Kier alpha value is -1.62. The molecule has 2 aromatic rings. The molecule has 20 heavy (non-hydrogen) atoms. The zero-order valence-electron chi connectivity index (χ0n) is 11.2. The van der Waals surface area contributed by atoms with Gasteiger partial charge in [-0.1, -0.05) is 35.0 Å². The number of halogens is 1. The highest BCUT2D eigenvalue weighted by atomic mass is 79.9. The molecule has 5 heteroatoms. The highest BCUT2D eigenvalue weighted by Crippen LogP contribution is 2.38. The number of hydrogen-bond donors (Lipinski definition) is 1. The van der Waals surface area contributed by atoms with E-state index in [9.17, 15) is 4.79 Å². The molecule has 1 aromatic heterocycles. The van der Waals surface area contributed by atoms with Crippen molar-refractivity contribution in [3.05, 3.63) is 46.6 Å². The van der Waals surface area contributed by atoms with Crippen LogP contribution in [0.15, 0.2) is 41.0 Å². The zero-order chi connectivity index (χ0) is 14.1. The number of nitrogens with one attached hydrogen (secondary N) is 1. The van der Waals surface area contributed by atoms with Gasteiger partial charge in [0.25, 0.3) is 0 Å². The van der Waals surface area contributed by atoms with Crippen molar-refractivity contribution in [3.8, 4) is 0 Å². The van der Waals surface area contributed by atoms with Crippen LogP contribution in [0.4, 0.5) is 5.82 Å². The minimum atomic E-state index is 0.107. The molecule has 1 saturated carbocycles. The van der Waals surface area contributed by atoms with Crippen LogP contribution in [0, 0.1) is 11.8 Å². The Labute approximate surface area is 126 Å². The van der Waals surface area contributed by atoms with Gasteiger partial charge in [-0.05, 0) is 30.0 Å². The smallest absolute Gasteiger partial charge is 0.228 e. The minimum absolute atomic E-state index is 0.107. The van der Waals surface area contributed by atoms with E-state index in [1.165, 1.54) is 0 Å². The maximum atomic E-state index is 12.0. The minimum Gasteiger partial charge on any atom is -0.311 e. The van der Waals surface area contributed by atoms with Crippen molar-refractivity contribution in [1.82, 2.24) is 9.78 Å². The van der Waals surface area contributed by atoms with E-state index in [4.69, 9.17) is 0 Å². The highest BCUT2D eigenvalue weighted by Gasteiger charge is 2.39. The predicted octanol–water partition coefficient (Wildman–Crippen LogP) is 3.29. The summed E-state index contributed by atoms with van der Waals surface area (Å²) < 4.78 is 2.87. The van der Waals surface area contributed by atoms with Crippen LogP contribution in [0.3, 0.4) is 0 Å². The number of carbonyl (C=O) groups is 1. The zero-order valence-corrected chi connectivity index (χ0v) is 12.8. The number of hydrogen-bond acceptors (Lipinski definition) is 2. The van der Waals surface area contributed by atoms with E-state index in [0.717, 1.165) is 22.3 Å². The van der Waals surface area contributed by atoms with E-state index in [1.54, 1.807) is 6.20 Å². The monoisotopic (exact) mass is 333 g/mol. The second-order valence-electron chi connectivity index (χ2n) is 5.31. The van der Waals surface area contributed by atoms with Gasteiger partial charge in [0.2, 0.25) is 5.91 Å². The Balaban J connectivity index is 1.70. The molecule has 0 unspecified atom stereocenters. The summed E-state index contributed by atoms with van der Waals surface area (Å²) in [6, 6.07) is 9.93. The van der Waals surface area contributed by atoms with Gasteiger partial charge >= 0.3 is 0 Å². The summed E-state index contributed by atoms with van der Waals surface area (Å²) in [5, 5.41) is 7.24. The van der Waals surface area contributed by atoms with Crippen molar-refractivity contribution >= 4 is 27.7 Å². The number of rotatable bonds is 4. The topological polar surface area (TPSA) is 46.9 Å². The first-order chi connectivity index (χ1) is 9.63. The fourth-order valence-electron chi connectivity index (χ4n) is 2.23. The summed E-state index contributed by atoms with van der Waals surface area (Å²) >= 11 is 3.42. The van der Waals surface area contributed by atoms with Crippen LogP contribution < -0.4 is 5.32 Å². The van der Waals surface area contributed by atoms with Gasteiger partial charge in [-0.3, -0.25) is 4.79 Å². The van der Waals surface area contributed by atoms with Crippen LogP contribution in [-0.2, 0) is 11.3 Å². The molecule has 104 valence electrons. The third kappa shape index (κ3) is 2.93. The molecule has 1 aromatic carbocycles. The summed E-state index contributed by atoms with van der Waals surface area (Å²) in [5.41, 5.74) is 1.15. The third-order valence-corrected chi connectivity index (χ3v) is 4.19. The molecule has 1 aliphatic rings. The van der Waals surface area contributed by atoms with Crippen molar-refractivity contribution in [1.29, 1.82) is 0 Å². The lowest BCUT2D eigenvalue weighted by Gasteiger charge is -2.09. The largest absolute Gasteiger partial charge is 0.311 e. The molecule has 1 amide bonds. The summed E-state index contributed by atoms with van der Waals surface area (Å²) in [7, 11) is 0. The highest BCUT2D eigenvalue weighted by molar-refractivity contribution is 9.10. The Morgan fingerprint density at radius 2 is 2.10 bits per heavy atom. The predicted molar refractivity (Wildman–Crippen MR) is 81.4 cm³/mol. The molecule has 1 aliphatic carbocycles. The normalized spacial score (nSPS) is 20.7. The van der Waals surface area contributed by atoms with Crippen LogP contribution in [0.5, 0.6) is 0 Å². The van der Waals surface area contributed by atoms with Crippen molar-refractivity contribution < 1.29 is 4.79 Å². The molecule has 2 atom stereocenters. The number of amides is 1. The maximum absolute atomic E-state index is 12.0. The Bertz CT molecular complexity index is 620. The average Bonchev–Trinajstić information content (AvgIpc) is 3.01. The van der Waals surface area contributed by atoms with E-state index >= 15 is 0 Å². The van der Waals surface area contributed by atoms with Gasteiger partial charge < -0.3 is 5.32 Å². The lowest BCUT2D eigenvalue weighted by atomic mass is 10.2. The maximum Gasteiger partial charge on any atom is 0.228 e. The molecule has 0 aliphatic heterocycles. The van der Waals surface area contributed by atoms with Crippen LogP contribution in [0.1, 0.15) is 18.9 Å². The lowest BCUT2D eigenvalue weighted by Crippen LogP contribution is -2.18. The first kappa shape index (κ1) is 13.4. The fraction of sp³-hybridized carbons (Fsp3) is 0.333. The number of anilines is 1. The van der Waals surface area contributed by atoms with Gasteiger partial charge in [0.05, 0.1) is 12.7 Å². The number of benzene rings is 1. The van der Waals surface area contributed by atoms with Gasteiger partial charge in [0.15, 0.2) is 0 Å². The first-order valence-corrected chi connectivity index (χ1v) is 7.50. The van der Waals surface area contributed by atoms with Gasteiger partial charge in [-0.25, -0.2) is 4.68 Å². The van der Waals surface area contributed by atoms with Crippen molar-refractivity contribution in [2.24, 2.45) is 11.8 Å². The summed E-state index contributed by atoms with van der Waals surface area (Å²) in [6.07, 6.45) is 2.71. The molecule has 4 nitrogen and oxygen atoms in total. The lowest BCUT2D eigenvalue weighted by molar-refractivity contribution is -0.117. The molecule has 0 saturated heterocycles. The molecule has 1 N–H and O–H groups in total. The van der Waals surface area contributed by atoms with Gasteiger partial charge in [-0.2, -0.15) is 5.10 Å². The van der Waals surface area contributed by atoms with Crippen molar-refractivity contribution in [3.63, 3.8) is 0 Å². The van der Waals surface area contributed by atoms with Crippen molar-refractivity contribution in [2.45, 2.75) is 19.9 Å². The van der Waals surface area contributed by atoms with E-state index in [-0.39, 0.29) is 11.8 Å². The number of nitrogens with zero attached hydrogens (tertiary/aromatic N) is 2. The molecule has 0 radical (unpaired) electrons. The Morgan fingerprint density at radius 3 is 2.75 bits per heavy atom. The molecule has 0 spiro atoms. The van der Waals surface area contributed by atoms with E-state index in [0.29, 0.717) is 12.5 Å². The Kier molecular flexibility index (Phi) is 3.61.